The van der Waals surface area contributed by atoms with Gasteiger partial charge in [-0.1, -0.05) is 24.3 Å². The largest absolute Gasteiger partial charge is 0.478 e. The van der Waals surface area contributed by atoms with Gasteiger partial charge >= 0.3 is 11.7 Å². The van der Waals surface area contributed by atoms with Crippen molar-refractivity contribution >= 4 is 28.5 Å². The molecule has 0 radical (unpaired) electrons. The van der Waals surface area contributed by atoms with Gasteiger partial charge in [-0.3, -0.25) is 0 Å². The molecule has 0 unspecified atom stereocenters. The molecule has 8 heteroatoms. The van der Waals surface area contributed by atoms with Gasteiger partial charge in [0, 0.05) is 11.9 Å². The smallest absolute Gasteiger partial charge is 0.384 e. The van der Waals surface area contributed by atoms with Gasteiger partial charge in [0.05, 0.1) is 10.9 Å². The second kappa shape index (κ2) is 6.84. The van der Waals surface area contributed by atoms with Crippen LogP contribution in [0.25, 0.3) is 22.2 Å². The fourth-order valence-corrected chi connectivity index (χ4v) is 2.88. The Morgan fingerprint density at radius 3 is 2.54 bits per heavy atom. The Balaban J connectivity index is 1.75. The molecule has 2 aromatic heterocycles. The van der Waals surface area contributed by atoms with Crippen LogP contribution in [0.15, 0.2) is 71.7 Å². The Morgan fingerprint density at radius 2 is 1.75 bits per heavy atom. The number of anilines is 2. The first-order valence-electron chi connectivity index (χ1n) is 8.31. The number of carbonyl (C=O) groups is 1. The van der Waals surface area contributed by atoms with Gasteiger partial charge in [0.1, 0.15) is 5.82 Å². The number of pyridine rings is 1. The maximum atomic E-state index is 11.9. The highest BCUT2D eigenvalue weighted by Gasteiger charge is 2.11. The van der Waals surface area contributed by atoms with E-state index in [1.54, 1.807) is 36.4 Å². The average Bonchev–Trinajstić information content (AvgIpc) is 2.72. The van der Waals surface area contributed by atoms with Crippen molar-refractivity contribution in [2.75, 3.05) is 5.32 Å². The van der Waals surface area contributed by atoms with E-state index in [-0.39, 0.29) is 17.0 Å². The van der Waals surface area contributed by atoms with Gasteiger partial charge in [0.25, 0.3) is 0 Å². The van der Waals surface area contributed by atoms with Crippen LogP contribution in [0.5, 0.6) is 0 Å². The van der Waals surface area contributed by atoms with Gasteiger partial charge < -0.3 is 15.6 Å². The van der Waals surface area contributed by atoms with Gasteiger partial charge in [-0.25, -0.2) is 14.6 Å². The summed E-state index contributed by atoms with van der Waals surface area (Å²) in [5.41, 5.74) is 1.63. The fourth-order valence-electron chi connectivity index (χ4n) is 2.88. The summed E-state index contributed by atoms with van der Waals surface area (Å²) >= 11 is 0. The highest BCUT2D eigenvalue weighted by molar-refractivity contribution is 5.90. The topological polar surface area (TPSA) is 117 Å². The minimum absolute atomic E-state index is 0.0929. The number of nitrogens with one attached hydrogen (secondary N) is 1. The van der Waals surface area contributed by atoms with E-state index < -0.39 is 11.7 Å². The van der Waals surface area contributed by atoms with E-state index in [1.807, 2.05) is 18.2 Å². The van der Waals surface area contributed by atoms with Crippen molar-refractivity contribution in [3.8, 4) is 11.1 Å². The van der Waals surface area contributed by atoms with Gasteiger partial charge in [0.15, 0.2) is 5.65 Å². The van der Waals surface area contributed by atoms with Crippen LogP contribution in [0.1, 0.15) is 10.4 Å². The number of carboxylic acids is 1. The summed E-state index contributed by atoms with van der Waals surface area (Å²) in [5, 5.41) is 22.5. The van der Waals surface area contributed by atoms with E-state index in [2.05, 4.69) is 15.3 Å². The normalized spacial score (nSPS) is 10.7. The summed E-state index contributed by atoms with van der Waals surface area (Å²) in [4.78, 5) is 31.0. The number of hydrogen-bond donors (Lipinski definition) is 3. The van der Waals surface area contributed by atoms with E-state index in [1.165, 1.54) is 12.3 Å². The van der Waals surface area contributed by atoms with Gasteiger partial charge in [-0.15, -0.1) is 4.73 Å². The predicted molar refractivity (Wildman–Crippen MR) is 103 cm³/mol. The Hall–Kier alpha value is -4.20. The highest BCUT2D eigenvalue weighted by atomic mass is 16.5. The molecule has 0 saturated carbocycles. The zero-order chi connectivity index (χ0) is 19.7. The third kappa shape index (κ3) is 3.14. The predicted octanol–water partition coefficient (Wildman–Crippen LogP) is 3.14. The summed E-state index contributed by atoms with van der Waals surface area (Å²) in [5.74, 6) is -0.737. The Labute approximate surface area is 158 Å². The Morgan fingerprint density at radius 1 is 1.00 bits per heavy atom. The van der Waals surface area contributed by atoms with Gasteiger partial charge in [-0.05, 0) is 47.5 Å². The molecule has 0 aliphatic carbocycles. The molecule has 3 N–H and O–H groups in total. The second-order valence-corrected chi connectivity index (χ2v) is 6.02. The molecule has 0 bridgehead atoms. The molecule has 28 heavy (non-hydrogen) atoms. The van der Waals surface area contributed by atoms with Crippen LogP contribution >= 0.6 is 0 Å². The number of carboxylic acid groups (broad SMARTS) is 1. The van der Waals surface area contributed by atoms with Crippen molar-refractivity contribution < 1.29 is 15.1 Å². The lowest BCUT2D eigenvalue weighted by atomic mass is 10.0. The van der Waals surface area contributed by atoms with Crippen molar-refractivity contribution in [1.82, 2.24) is 14.7 Å². The second-order valence-electron chi connectivity index (χ2n) is 6.02. The van der Waals surface area contributed by atoms with E-state index >= 15 is 0 Å². The maximum Gasteiger partial charge on any atom is 0.384 e. The first-order chi connectivity index (χ1) is 13.5. The molecule has 2 aromatic carbocycles. The van der Waals surface area contributed by atoms with Crippen molar-refractivity contribution in [3.63, 3.8) is 0 Å². The highest BCUT2D eigenvalue weighted by Crippen LogP contribution is 2.26. The van der Waals surface area contributed by atoms with Crippen LogP contribution in [0.4, 0.5) is 11.5 Å². The molecule has 0 saturated heterocycles. The van der Waals surface area contributed by atoms with Gasteiger partial charge in [0.2, 0.25) is 0 Å². The molecular formula is C20H14N4O4. The van der Waals surface area contributed by atoms with Crippen LogP contribution in [-0.4, -0.2) is 31.0 Å². The maximum absolute atomic E-state index is 11.9. The number of aromatic nitrogens is 3. The summed E-state index contributed by atoms with van der Waals surface area (Å²) in [6, 6.07) is 17.2. The Kier molecular flexibility index (Phi) is 4.21. The third-order valence-electron chi connectivity index (χ3n) is 4.20. The van der Waals surface area contributed by atoms with Crippen molar-refractivity contribution in [1.29, 1.82) is 0 Å². The summed E-state index contributed by atoms with van der Waals surface area (Å²) in [6.07, 6.45) is 1.47. The van der Waals surface area contributed by atoms with Crippen LogP contribution in [0, 0.1) is 0 Å². The van der Waals surface area contributed by atoms with Crippen molar-refractivity contribution in [3.05, 3.63) is 82.9 Å². The average molecular weight is 374 g/mol. The zero-order valence-corrected chi connectivity index (χ0v) is 14.4. The number of nitrogens with zero attached hydrogens (tertiary/aromatic N) is 3. The molecule has 0 spiro atoms. The number of hydrogen-bond acceptors (Lipinski definition) is 6. The molecule has 4 rings (SSSR count). The quantitative estimate of drug-likeness (QED) is 0.470. The standard InChI is InChI=1S/C20H14N4O4/c25-19(26)14-6-1-4-12(10-14)13-5-2-7-15(11-13)22-17-16-8-3-9-21-18(16)24(28)20(27)23-17/h1-11,28H,(H,25,26)(H,22,23,27). The zero-order valence-electron chi connectivity index (χ0n) is 14.4. The molecule has 0 atom stereocenters. The number of fused-ring (bicyclic) bond motifs is 1. The number of rotatable bonds is 4. The van der Waals surface area contributed by atoms with Crippen LogP contribution in [0.2, 0.25) is 0 Å². The SMILES string of the molecule is O=C(O)c1cccc(-c2cccc(Nc3nc(=O)n(O)c4ncccc34)c2)c1. The number of benzene rings is 2. The summed E-state index contributed by atoms with van der Waals surface area (Å²) in [6.45, 7) is 0. The van der Waals surface area contributed by atoms with Crippen molar-refractivity contribution in [2.24, 2.45) is 0 Å². The molecule has 0 aliphatic heterocycles. The Bertz CT molecular complexity index is 1270. The first kappa shape index (κ1) is 17.2. The lowest BCUT2D eigenvalue weighted by molar-refractivity contribution is 0.0697. The number of aromatic carboxylic acids is 1. The van der Waals surface area contributed by atoms with Crippen molar-refractivity contribution in [2.45, 2.75) is 0 Å². The fraction of sp³-hybridized carbons (Fsp3) is 0. The molecule has 0 aliphatic rings. The van der Waals surface area contributed by atoms with E-state index in [4.69, 9.17) is 0 Å². The molecule has 138 valence electrons. The van der Waals surface area contributed by atoms with Crippen LogP contribution < -0.4 is 11.0 Å². The van der Waals surface area contributed by atoms with E-state index in [0.29, 0.717) is 15.8 Å². The van der Waals surface area contributed by atoms with Crippen LogP contribution in [0.3, 0.4) is 0 Å². The molecule has 4 aromatic rings. The summed E-state index contributed by atoms with van der Waals surface area (Å²) in [7, 11) is 0. The lowest BCUT2D eigenvalue weighted by Crippen LogP contribution is -2.23. The first-order valence-corrected chi connectivity index (χ1v) is 8.31. The van der Waals surface area contributed by atoms with Gasteiger partial charge in [-0.2, -0.15) is 4.98 Å². The third-order valence-corrected chi connectivity index (χ3v) is 4.20. The monoisotopic (exact) mass is 374 g/mol. The minimum atomic E-state index is -0.996. The molecule has 0 amide bonds. The minimum Gasteiger partial charge on any atom is -0.478 e. The molecule has 8 nitrogen and oxygen atoms in total. The van der Waals surface area contributed by atoms with E-state index in [9.17, 15) is 19.9 Å². The molecule has 2 heterocycles. The van der Waals surface area contributed by atoms with E-state index in [0.717, 1.165) is 11.1 Å². The van der Waals surface area contributed by atoms with Crippen LogP contribution in [-0.2, 0) is 0 Å². The summed E-state index contributed by atoms with van der Waals surface area (Å²) < 4.78 is 0.397. The molecular weight excluding hydrogens is 360 g/mol. The lowest BCUT2D eigenvalue weighted by Gasteiger charge is -2.11. The molecule has 0 fully saturated rings.